The lowest BCUT2D eigenvalue weighted by Crippen LogP contribution is -2.49. The van der Waals surface area contributed by atoms with Crippen molar-refractivity contribution >= 4 is 39.3 Å². The molecule has 174 valence electrons. The fourth-order valence-electron chi connectivity index (χ4n) is 4.56. The van der Waals surface area contributed by atoms with Crippen molar-refractivity contribution in [1.29, 1.82) is 0 Å². The molecule has 5 rings (SSSR count). The molecule has 0 atom stereocenters. The zero-order valence-electron chi connectivity index (χ0n) is 19.4. The Hall–Kier alpha value is -3.94. The van der Waals surface area contributed by atoms with E-state index >= 15 is 0 Å². The molecule has 1 aliphatic rings. The predicted molar refractivity (Wildman–Crippen MR) is 132 cm³/mol. The van der Waals surface area contributed by atoms with Gasteiger partial charge in [0.05, 0.1) is 6.33 Å². The van der Waals surface area contributed by atoms with Gasteiger partial charge >= 0.3 is 0 Å². The highest BCUT2D eigenvalue weighted by molar-refractivity contribution is 6.04. The third-order valence-corrected chi connectivity index (χ3v) is 6.57. The second-order valence-corrected chi connectivity index (χ2v) is 8.86. The molecular formula is C26H27N5O3. The molecule has 4 aromatic rings. The highest BCUT2D eigenvalue weighted by Gasteiger charge is 2.21. The molecule has 1 fully saturated rings. The first-order valence-corrected chi connectivity index (χ1v) is 11.5. The standard InChI is InChI=1S/C26H27N5O3/c1-17-3-8-22-21(15-17)24-25(28-22)26(34)31(16-27-24)10-9-23(33)30-13-11-29(12-14-30)20-6-4-19(5-7-20)18(2)32/h3-8,15-16,28H,9-14H2,1-2H3. The third kappa shape index (κ3) is 4.07. The lowest BCUT2D eigenvalue weighted by atomic mass is 10.1. The van der Waals surface area contributed by atoms with Crippen LogP contribution in [0.3, 0.4) is 0 Å². The van der Waals surface area contributed by atoms with Gasteiger partial charge in [0.15, 0.2) is 5.78 Å². The van der Waals surface area contributed by atoms with Gasteiger partial charge in [-0.25, -0.2) is 4.98 Å². The zero-order valence-corrected chi connectivity index (χ0v) is 19.4. The molecular weight excluding hydrogens is 430 g/mol. The van der Waals surface area contributed by atoms with E-state index in [1.165, 1.54) is 10.9 Å². The molecule has 34 heavy (non-hydrogen) atoms. The zero-order chi connectivity index (χ0) is 23.8. The van der Waals surface area contributed by atoms with Gasteiger partial charge < -0.3 is 14.8 Å². The number of fused-ring (bicyclic) bond motifs is 3. The molecule has 0 spiro atoms. The Morgan fingerprint density at radius 3 is 2.47 bits per heavy atom. The molecule has 0 saturated carbocycles. The second kappa shape index (κ2) is 8.78. The number of aromatic nitrogens is 3. The van der Waals surface area contributed by atoms with Crippen molar-refractivity contribution < 1.29 is 9.59 Å². The molecule has 1 aliphatic heterocycles. The largest absolute Gasteiger partial charge is 0.368 e. The minimum absolute atomic E-state index is 0.0332. The summed E-state index contributed by atoms with van der Waals surface area (Å²) >= 11 is 0. The summed E-state index contributed by atoms with van der Waals surface area (Å²) in [6, 6.07) is 13.6. The number of carbonyl (C=O) groups is 2. The topological polar surface area (TPSA) is 91.3 Å². The van der Waals surface area contributed by atoms with E-state index in [9.17, 15) is 14.4 Å². The Morgan fingerprint density at radius 2 is 1.76 bits per heavy atom. The van der Waals surface area contributed by atoms with Gasteiger partial charge in [-0.05, 0) is 50.2 Å². The quantitative estimate of drug-likeness (QED) is 0.465. The molecule has 0 aliphatic carbocycles. The van der Waals surface area contributed by atoms with Crippen molar-refractivity contribution in [3.63, 3.8) is 0 Å². The molecule has 8 heteroatoms. The van der Waals surface area contributed by atoms with Gasteiger partial charge in [0.2, 0.25) is 5.91 Å². The van der Waals surface area contributed by atoms with Crippen LogP contribution in [0, 0.1) is 6.92 Å². The van der Waals surface area contributed by atoms with Crippen molar-refractivity contribution in [1.82, 2.24) is 19.4 Å². The van der Waals surface area contributed by atoms with Crippen molar-refractivity contribution in [2.45, 2.75) is 26.8 Å². The number of benzene rings is 2. The Kier molecular flexibility index (Phi) is 5.65. The third-order valence-electron chi connectivity index (χ3n) is 6.57. The number of piperazine rings is 1. The van der Waals surface area contributed by atoms with Crippen LogP contribution in [0.1, 0.15) is 29.3 Å². The van der Waals surface area contributed by atoms with E-state index in [-0.39, 0.29) is 23.7 Å². The number of rotatable bonds is 5. The number of ketones is 1. The number of carbonyl (C=O) groups excluding carboxylic acids is 2. The molecule has 1 saturated heterocycles. The number of anilines is 1. The number of amides is 1. The highest BCUT2D eigenvalue weighted by atomic mass is 16.2. The maximum Gasteiger partial charge on any atom is 0.277 e. The Bertz CT molecular complexity index is 1440. The van der Waals surface area contributed by atoms with Crippen molar-refractivity contribution in [2.75, 3.05) is 31.1 Å². The van der Waals surface area contributed by atoms with Gasteiger partial charge in [-0.15, -0.1) is 0 Å². The molecule has 3 heterocycles. The van der Waals surface area contributed by atoms with Gasteiger partial charge in [0.1, 0.15) is 11.0 Å². The van der Waals surface area contributed by atoms with Crippen molar-refractivity contribution in [3.8, 4) is 0 Å². The minimum atomic E-state index is -0.162. The number of nitrogens with one attached hydrogen (secondary N) is 1. The van der Waals surface area contributed by atoms with E-state index in [1.54, 1.807) is 6.92 Å². The number of hydrogen-bond donors (Lipinski definition) is 1. The fourth-order valence-corrected chi connectivity index (χ4v) is 4.56. The average molecular weight is 458 g/mol. The van der Waals surface area contributed by atoms with Gasteiger partial charge in [-0.1, -0.05) is 11.6 Å². The van der Waals surface area contributed by atoms with Crippen LogP contribution in [0.25, 0.3) is 21.9 Å². The summed E-state index contributed by atoms with van der Waals surface area (Å²) in [7, 11) is 0. The van der Waals surface area contributed by atoms with Gasteiger partial charge in [0.25, 0.3) is 5.56 Å². The summed E-state index contributed by atoms with van der Waals surface area (Å²) in [5.74, 6) is 0.0842. The lowest BCUT2D eigenvalue weighted by Gasteiger charge is -2.36. The number of nitrogens with zero attached hydrogens (tertiary/aromatic N) is 4. The molecule has 1 N–H and O–H groups in total. The second-order valence-electron chi connectivity index (χ2n) is 8.86. The average Bonchev–Trinajstić information content (AvgIpc) is 3.22. The first kappa shape index (κ1) is 21.9. The Balaban J connectivity index is 1.22. The summed E-state index contributed by atoms with van der Waals surface area (Å²) in [6.45, 7) is 6.57. The summed E-state index contributed by atoms with van der Waals surface area (Å²) in [5, 5.41) is 0.934. The monoisotopic (exact) mass is 457 g/mol. The molecule has 0 radical (unpaired) electrons. The van der Waals surface area contributed by atoms with Gasteiger partial charge in [-0.2, -0.15) is 0 Å². The minimum Gasteiger partial charge on any atom is -0.368 e. The Labute approximate surface area is 196 Å². The normalized spacial score (nSPS) is 14.2. The van der Waals surface area contributed by atoms with E-state index in [0.717, 1.165) is 35.2 Å². The maximum absolute atomic E-state index is 13.0. The van der Waals surface area contributed by atoms with E-state index in [1.807, 2.05) is 54.3 Å². The van der Waals surface area contributed by atoms with E-state index < -0.39 is 0 Å². The van der Waals surface area contributed by atoms with Crippen LogP contribution in [0.15, 0.2) is 53.6 Å². The number of hydrogen-bond acceptors (Lipinski definition) is 5. The van der Waals surface area contributed by atoms with Crippen molar-refractivity contribution in [3.05, 3.63) is 70.3 Å². The first-order chi connectivity index (χ1) is 16.4. The van der Waals surface area contributed by atoms with E-state index in [0.29, 0.717) is 36.2 Å². The Morgan fingerprint density at radius 1 is 1.03 bits per heavy atom. The fraction of sp³-hybridized carbons (Fsp3) is 0.308. The van der Waals surface area contributed by atoms with Crippen LogP contribution in [0.2, 0.25) is 0 Å². The van der Waals surface area contributed by atoms with E-state index in [2.05, 4.69) is 14.9 Å². The summed E-state index contributed by atoms with van der Waals surface area (Å²) < 4.78 is 1.51. The van der Waals surface area contributed by atoms with Crippen LogP contribution < -0.4 is 10.5 Å². The first-order valence-electron chi connectivity index (χ1n) is 11.5. The SMILES string of the molecule is CC(=O)c1ccc(N2CCN(C(=O)CCn3cnc4c([nH]c5ccc(C)cc54)c3=O)CC2)cc1. The predicted octanol–water partition coefficient (Wildman–Crippen LogP) is 3.13. The van der Waals surface area contributed by atoms with Crippen molar-refractivity contribution in [2.24, 2.45) is 0 Å². The number of H-pyrrole nitrogens is 1. The number of aryl methyl sites for hydroxylation is 2. The highest BCUT2D eigenvalue weighted by Crippen LogP contribution is 2.22. The number of aromatic amines is 1. The molecule has 0 bridgehead atoms. The van der Waals surface area contributed by atoms with Crippen LogP contribution in [-0.2, 0) is 11.3 Å². The smallest absolute Gasteiger partial charge is 0.277 e. The van der Waals surface area contributed by atoms with Crippen LogP contribution in [-0.4, -0.2) is 57.3 Å². The molecule has 1 amide bonds. The molecule has 2 aromatic heterocycles. The molecule has 2 aromatic carbocycles. The number of Topliss-reactive ketones (excluding diaryl/α,β-unsaturated/α-hetero) is 1. The van der Waals surface area contributed by atoms with Gasteiger partial charge in [0, 0.05) is 61.3 Å². The van der Waals surface area contributed by atoms with Crippen LogP contribution in [0.4, 0.5) is 5.69 Å². The maximum atomic E-state index is 13.0. The van der Waals surface area contributed by atoms with E-state index in [4.69, 9.17) is 0 Å². The van der Waals surface area contributed by atoms with Gasteiger partial charge in [-0.3, -0.25) is 19.0 Å². The summed E-state index contributed by atoms with van der Waals surface area (Å²) in [5.41, 5.74) is 4.72. The summed E-state index contributed by atoms with van der Waals surface area (Å²) in [6.07, 6.45) is 1.79. The van der Waals surface area contributed by atoms with Crippen LogP contribution >= 0.6 is 0 Å². The van der Waals surface area contributed by atoms with Crippen LogP contribution in [0.5, 0.6) is 0 Å². The summed E-state index contributed by atoms with van der Waals surface area (Å²) in [4.78, 5) is 49.0. The molecule has 0 unspecified atom stereocenters. The molecule has 8 nitrogen and oxygen atoms in total. The lowest BCUT2D eigenvalue weighted by molar-refractivity contribution is -0.131.